The van der Waals surface area contributed by atoms with E-state index in [2.05, 4.69) is 5.32 Å². The highest BCUT2D eigenvalue weighted by Crippen LogP contribution is 2.33. The number of sulfonamides is 1. The van der Waals surface area contributed by atoms with Crippen molar-refractivity contribution in [2.75, 3.05) is 16.8 Å². The molecule has 8 nitrogen and oxygen atoms in total. The Kier molecular flexibility index (Phi) is 4.19. The van der Waals surface area contributed by atoms with Gasteiger partial charge < -0.3 is 10.2 Å². The maximum absolute atomic E-state index is 13.1. The Morgan fingerprint density at radius 1 is 1.11 bits per heavy atom. The fraction of sp³-hybridized carbons (Fsp3) is 0.211. The first kappa shape index (κ1) is 18.2. The lowest BCUT2D eigenvalue weighted by Gasteiger charge is -2.29. The monoisotopic (exact) mass is 399 g/mol. The molecule has 2 heterocycles. The molecule has 0 fully saturated rings. The van der Waals surface area contributed by atoms with Crippen LogP contribution in [0.5, 0.6) is 0 Å². The molecule has 28 heavy (non-hydrogen) atoms. The van der Waals surface area contributed by atoms with E-state index in [4.69, 9.17) is 0 Å². The molecule has 2 aromatic rings. The maximum Gasteiger partial charge on any atom is 0.269 e. The third kappa shape index (κ3) is 2.75. The molecule has 0 saturated carbocycles. The maximum atomic E-state index is 13.1. The Labute approximate surface area is 161 Å². The van der Waals surface area contributed by atoms with Gasteiger partial charge in [0, 0.05) is 12.5 Å². The number of nitrogens with zero attached hydrogens (tertiary/aromatic N) is 2. The van der Waals surface area contributed by atoms with Crippen LogP contribution in [0, 0.1) is 0 Å². The van der Waals surface area contributed by atoms with E-state index in [-0.39, 0.29) is 22.8 Å². The van der Waals surface area contributed by atoms with Crippen molar-refractivity contribution in [3.05, 3.63) is 54.1 Å². The summed E-state index contributed by atoms with van der Waals surface area (Å²) in [6, 6.07) is 12.1. The van der Waals surface area contributed by atoms with E-state index in [1.165, 1.54) is 23.1 Å². The molecule has 4 rings (SSSR count). The number of amides is 3. The number of fused-ring (bicyclic) bond motifs is 2. The zero-order chi connectivity index (χ0) is 20.1. The number of nitrogens with one attached hydrogen (secondary N) is 1. The van der Waals surface area contributed by atoms with Gasteiger partial charge in [0.05, 0.1) is 16.9 Å². The molecule has 9 heteroatoms. The van der Waals surface area contributed by atoms with Crippen molar-refractivity contribution < 1.29 is 22.8 Å². The number of benzene rings is 2. The van der Waals surface area contributed by atoms with E-state index in [1.807, 2.05) is 0 Å². The minimum absolute atomic E-state index is 0.0523. The Balaban J connectivity index is 1.69. The lowest BCUT2D eigenvalue weighted by molar-refractivity contribution is -0.119. The van der Waals surface area contributed by atoms with Gasteiger partial charge in [0.25, 0.3) is 15.9 Å². The van der Waals surface area contributed by atoms with E-state index >= 15 is 0 Å². The van der Waals surface area contributed by atoms with Gasteiger partial charge in [-0.3, -0.25) is 14.4 Å². The number of carbonyl (C=O) groups is 3. The van der Waals surface area contributed by atoms with Crippen LogP contribution in [0.1, 0.15) is 23.7 Å². The Bertz CT molecular complexity index is 1110. The van der Waals surface area contributed by atoms with Crippen molar-refractivity contribution in [1.29, 1.82) is 0 Å². The average molecular weight is 399 g/mol. The highest BCUT2D eigenvalue weighted by Gasteiger charge is 2.43. The van der Waals surface area contributed by atoms with Crippen LogP contribution in [0.2, 0.25) is 0 Å². The van der Waals surface area contributed by atoms with Crippen LogP contribution < -0.4 is 10.2 Å². The third-order valence-electron chi connectivity index (χ3n) is 4.82. The van der Waals surface area contributed by atoms with Crippen LogP contribution in [-0.2, 0) is 19.6 Å². The van der Waals surface area contributed by atoms with Crippen LogP contribution in [0.25, 0.3) is 0 Å². The second-order valence-corrected chi connectivity index (χ2v) is 8.53. The molecule has 0 spiro atoms. The van der Waals surface area contributed by atoms with Crippen molar-refractivity contribution in [3.8, 4) is 0 Å². The number of hydrogen-bond donors (Lipinski definition) is 1. The fourth-order valence-electron chi connectivity index (χ4n) is 3.55. The quantitative estimate of drug-likeness (QED) is 0.826. The summed E-state index contributed by atoms with van der Waals surface area (Å²) in [5, 5.41) is 2.74. The normalized spacial score (nSPS) is 20.2. The van der Waals surface area contributed by atoms with Crippen molar-refractivity contribution in [3.63, 3.8) is 0 Å². The lowest BCUT2D eigenvalue weighted by atomic mass is 10.1. The molecule has 3 amide bonds. The van der Waals surface area contributed by atoms with Gasteiger partial charge in [-0.05, 0) is 31.2 Å². The second-order valence-electron chi connectivity index (χ2n) is 6.70. The lowest BCUT2D eigenvalue weighted by Crippen LogP contribution is -2.46. The highest BCUT2D eigenvalue weighted by molar-refractivity contribution is 7.90. The van der Waals surface area contributed by atoms with Gasteiger partial charge in [-0.2, -0.15) is 0 Å². The van der Waals surface area contributed by atoms with Crippen LogP contribution in [-0.4, -0.2) is 43.0 Å². The molecular weight excluding hydrogens is 382 g/mol. The van der Waals surface area contributed by atoms with E-state index in [0.29, 0.717) is 15.7 Å². The standard InChI is InChI=1S/C19H17N3O5S/c1-12-10-17(23)20-14-7-3-4-8-15(14)22(12)18(24)11-21-19(25)13-6-2-5-9-16(13)28(21,26)27/h2-9,12H,10-11H2,1H3,(H,20,23). The van der Waals surface area contributed by atoms with Gasteiger partial charge in [-0.1, -0.05) is 24.3 Å². The molecule has 1 N–H and O–H groups in total. The zero-order valence-electron chi connectivity index (χ0n) is 15.0. The summed E-state index contributed by atoms with van der Waals surface area (Å²) in [7, 11) is -4.09. The first-order chi connectivity index (χ1) is 13.3. The topological polar surface area (TPSA) is 104 Å². The van der Waals surface area contributed by atoms with Crippen molar-refractivity contribution in [1.82, 2.24) is 4.31 Å². The summed E-state index contributed by atoms with van der Waals surface area (Å²) in [5.74, 6) is -1.55. The summed E-state index contributed by atoms with van der Waals surface area (Å²) < 4.78 is 26.0. The van der Waals surface area contributed by atoms with Gasteiger partial charge in [0.1, 0.15) is 11.4 Å². The molecule has 144 valence electrons. The van der Waals surface area contributed by atoms with Crippen LogP contribution in [0.15, 0.2) is 53.4 Å². The molecule has 0 radical (unpaired) electrons. The van der Waals surface area contributed by atoms with Crippen molar-refractivity contribution in [2.45, 2.75) is 24.3 Å². The van der Waals surface area contributed by atoms with E-state index in [0.717, 1.165) is 0 Å². The Hall–Kier alpha value is -3.20. The van der Waals surface area contributed by atoms with Gasteiger partial charge in [0.2, 0.25) is 11.8 Å². The highest BCUT2D eigenvalue weighted by atomic mass is 32.2. The summed E-state index contributed by atoms with van der Waals surface area (Å²) >= 11 is 0. The minimum atomic E-state index is -4.09. The molecule has 2 aliphatic heterocycles. The van der Waals surface area contributed by atoms with Gasteiger partial charge in [-0.25, -0.2) is 12.7 Å². The number of para-hydroxylation sites is 2. The van der Waals surface area contributed by atoms with Gasteiger partial charge >= 0.3 is 0 Å². The Morgan fingerprint density at radius 2 is 1.79 bits per heavy atom. The Morgan fingerprint density at radius 3 is 2.54 bits per heavy atom. The molecule has 2 aliphatic rings. The molecule has 1 unspecified atom stereocenters. The SMILES string of the molecule is CC1CC(=O)Nc2ccccc2N1C(=O)CN1C(=O)c2ccccc2S1(=O)=O. The second kappa shape index (κ2) is 6.45. The minimum Gasteiger partial charge on any atom is -0.324 e. The van der Waals surface area contributed by atoms with Crippen LogP contribution >= 0.6 is 0 Å². The predicted molar refractivity (Wildman–Crippen MR) is 101 cm³/mol. The molecule has 0 saturated heterocycles. The number of anilines is 2. The van der Waals surface area contributed by atoms with Gasteiger partial charge in [0.15, 0.2) is 0 Å². The van der Waals surface area contributed by atoms with Crippen molar-refractivity contribution >= 4 is 39.1 Å². The molecular formula is C19H17N3O5S. The first-order valence-electron chi connectivity index (χ1n) is 8.68. The largest absolute Gasteiger partial charge is 0.324 e. The third-order valence-corrected chi connectivity index (χ3v) is 6.61. The zero-order valence-corrected chi connectivity index (χ0v) is 15.8. The number of carbonyl (C=O) groups excluding carboxylic acids is 3. The summed E-state index contributed by atoms with van der Waals surface area (Å²) in [6.45, 7) is 1.07. The van der Waals surface area contributed by atoms with Gasteiger partial charge in [-0.15, -0.1) is 0 Å². The van der Waals surface area contributed by atoms with Crippen LogP contribution in [0.3, 0.4) is 0 Å². The smallest absolute Gasteiger partial charge is 0.269 e. The molecule has 2 aromatic carbocycles. The average Bonchev–Trinajstić information content (AvgIpc) is 2.76. The first-order valence-corrected chi connectivity index (χ1v) is 10.1. The van der Waals surface area contributed by atoms with E-state index in [1.54, 1.807) is 37.3 Å². The molecule has 0 aromatic heterocycles. The fourth-order valence-corrected chi connectivity index (χ4v) is 5.07. The van der Waals surface area contributed by atoms with Crippen LogP contribution in [0.4, 0.5) is 11.4 Å². The summed E-state index contributed by atoms with van der Waals surface area (Å²) in [5.41, 5.74) is 0.980. The number of hydrogen-bond acceptors (Lipinski definition) is 5. The molecule has 0 bridgehead atoms. The summed E-state index contributed by atoms with van der Waals surface area (Å²) in [4.78, 5) is 39.0. The molecule has 0 aliphatic carbocycles. The number of rotatable bonds is 2. The van der Waals surface area contributed by atoms with E-state index < -0.39 is 34.4 Å². The van der Waals surface area contributed by atoms with E-state index in [9.17, 15) is 22.8 Å². The summed E-state index contributed by atoms with van der Waals surface area (Å²) in [6.07, 6.45) is 0.0569. The van der Waals surface area contributed by atoms with Crippen molar-refractivity contribution in [2.24, 2.45) is 0 Å². The molecule has 1 atom stereocenters. The predicted octanol–water partition coefficient (Wildman–Crippen LogP) is 1.59.